The number of carbonyl (C=O) groups excluding carboxylic acids is 1. The number of phenols is 1. The molecule has 2 aromatic carbocycles. The molecule has 8 nitrogen and oxygen atoms in total. The van der Waals surface area contributed by atoms with Crippen molar-refractivity contribution >= 4 is 41.0 Å². The number of amides is 1. The van der Waals surface area contributed by atoms with E-state index in [1.54, 1.807) is 6.07 Å². The maximum absolute atomic E-state index is 11.7. The zero-order chi connectivity index (χ0) is 18.4. The molecule has 0 bridgehead atoms. The van der Waals surface area contributed by atoms with Gasteiger partial charge in [-0.05, 0) is 30.3 Å². The van der Waals surface area contributed by atoms with Gasteiger partial charge in [0.15, 0.2) is 6.61 Å². The molecular weight excluding hydrogens is 373 g/mol. The number of hydrogen-bond acceptors (Lipinski definition) is 6. The van der Waals surface area contributed by atoms with Gasteiger partial charge in [-0.3, -0.25) is 14.9 Å². The van der Waals surface area contributed by atoms with Gasteiger partial charge < -0.3 is 9.84 Å². The van der Waals surface area contributed by atoms with Crippen LogP contribution in [0.1, 0.15) is 5.56 Å². The Labute approximate surface area is 151 Å². The second-order valence-corrected chi connectivity index (χ2v) is 5.50. The molecule has 0 aliphatic rings. The molecule has 0 atom stereocenters. The van der Waals surface area contributed by atoms with Gasteiger partial charge in [-0.1, -0.05) is 23.2 Å². The molecule has 0 unspecified atom stereocenters. The highest BCUT2D eigenvalue weighted by Gasteiger charge is 2.12. The van der Waals surface area contributed by atoms with Gasteiger partial charge in [0.25, 0.3) is 11.6 Å². The molecule has 1 amide bonds. The number of nitrogens with zero attached hydrogens (tertiary/aromatic N) is 2. The molecule has 2 aromatic rings. The number of nitro groups is 1. The summed E-state index contributed by atoms with van der Waals surface area (Å²) < 4.78 is 5.21. The van der Waals surface area contributed by atoms with Crippen molar-refractivity contribution in [3.63, 3.8) is 0 Å². The fourth-order valence-electron chi connectivity index (χ4n) is 1.75. The standard InChI is InChI=1S/C15H11Cl2N3O5/c16-10-1-4-14(12(17)6-10)25-8-15(22)19-18-7-9-5-11(21)2-3-13(9)20(23)24/h1-7,21H,8H2,(H,19,22)/b18-7+. The highest BCUT2D eigenvalue weighted by Crippen LogP contribution is 2.27. The number of ether oxygens (including phenoxy) is 1. The number of benzene rings is 2. The number of hydrazone groups is 1. The van der Waals surface area contributed by atoms with Gasteiger partial charge in [0.1, 0.15) is 11.5 Å². The topological polar surface area (TPSA) is 114 Å². The molecule has 0 radical (unpaired) electrons. The molecule has 0 fully saturated rings. The van der Waals surface area contributed by atoms with Gasteiger partial charge in [-0.15, -0.1) is 0 Å². The summed E-state index contributed by atoms with van der Waals surface area (Å²) in [6, 6.07) is 7.99. The number of aromatic hydroxyl groups is 1. The van der Waals surface area contributed by atoms with Crippen LogP contribution in [0.2, 0.25) is 10.0 Å². The Hall–Kier alpha value is -2.84. The van der Waals surface area contributed by atoms with Crippen LogP contribution >= 0.6 is 23.2 Å². The molecule has 0 aliphatic carbocycles. The van der Waals surface area contributed by atoms with Gasteiger partial charge in [0, 0.05) is 11.1 Å². The summed E-state index contributed by atoms with van der Waals surface area (Å²) in [6.45, 7) is -0.374. The smallest absolute Gasteiger partial charge is 0.278 e. The van der Waals surface area contributed by atoms with E-state index in [4.69, 9.17) is 27.9 Å². The third kappa shape index (κ3) is 5.33. The van der Waals surface area contributed by atoms with Crippen molar-refractivity contribution in [3.05, 3.63) is 62.1 Å². The summed E-state index contributed by atoms with van der Waals surface area (Å²) in [7, 11) is 0. The lowest BCUT2D eigenvalue weighted by molar-refractivity contribution is -0.385. The first-order valence-corrected chi connectivity index (χ1v) is 7.49. The van der Waals surface area contributed by atoms with Gasteiger partial charge >= 0.3 is 0 Å². The van der Waals surface area contributed by atoms with Gasteiger partial charge in [0.2, 0.25) is 0 Å². The third-order valence-corrected chi connectivity index (χ3v) is 3.38. The lowest BCUT2D eigenvalue weighted by atomic mass is 10.2. The number of phenolic OH excluding ortho intramolecular Hbond substituents is 1. The zero-order valence-corrected chi connectivity index (χ0v) is 14.0. The fraction of sp³-hybridized carbons (Fsp3) is 0.0667. The van der Waals surface area contributed by atoms with E-state index in [1.807, 2.05) is 0 Å². The van der Waals surface area contributed by atoms with E-state index in [0.717, 1.165) is 18.3 Å². The Bertz CT molecular complexity index is 842. The van der Waals surface area contributed by atoms with Gasteiger partial charge in [-0.2, -0.15) is 5.10 Å². The SMILES string of the molecule is O=C(COc1ccc(Cl)cc1Cl)N/N=C/c1cc(O)ccc1[N+](=O)[O-]. The highest BCUT2D eigenvalue weighted by atomic mass is 35.5. The summed E-state index contributed by atoms with van der Waals surface area (Å²) in [4.78, 5) is 21.9. The van der Waals surface area contributed by atoms with Crippen LogP contribution < -0.4 is 10.2 Å². The second-order valence-electron chi connectivity index (χ2n) is 4.66. The first-order chi connectivity index (χ1) is 11.9. The summed E-state index contributed by atoms with van der Waals surface area (Å²) in [5.41, 5.74) is 1.92. The van der Waals surface area contributed by atoms with Crippen LogP contribution in [0.5, 0.6) is 11.5 Å². The van der Waals surface area contributed by atoms with E-state index in [0.29, 0.717) is 5.02 Å². The van der Waals surface area contributed by atoms with E-state index in [2.05, 4.69) is 10.5 Å². The number of rotatable bonds is 6. The molecule has 130 valence electrons. The van der Waals surface area contributed by atoms with E-state index >= 15 is 0 Å². The predicted molar refractivity (Wildman–Crippen MR) is 92.5 cm³/mol. The van der Waals surface area contributed by atoms with Crippen molar-refractivity contribution < 1.29 is 19.6 Å². The Morgan fingerprint density at radius 1 is 1.32 bits per heavy atom. The fourth-order valence-corrected chi connectivity index (χ4v) is 2.22. The molecule has 0 saturated carbocycles. The van der Waals surface area contributed by atoms with Crippen LogP contribution in [-0.4, -0.2) is 28.8 Å². The molecule has 2 rings (SSSR count). The molecule has 0 aliphatic heterocycles. The van der Waals surface area contributed by atoms with E-state index < -0.39 is 10.8 Å². The predicted octanol–water partition coefficient (Wildman–Crippen LogP) is 3.14. The van der Waals surface area contributed by atoms with Crippen molar-refractivity contribution in [1.29, 1.82) is 0 Å². The van der Waals surface area contributed by atoms with Crippen molar-refractivity contribution in [2.45, 2.75) is 0 Å². The lowest BCUT2D eigenvalue weighted by Crippen LogP contribution is -2.24. The van der Waals surface area contributed by atoms with Crippen LogP contribution in [0.25, 0.3) is 0 Å². The minimum atomic E-state index is -0.631. The quantitative estimate of drug-likeness (QED) is 0.451. The molecule has 10 heteroatoms. The monoisotopic (exact) mass is 383 g/mol. The van der Waals surface area contributed by atoms with Crippen LogP contribution in [0.3, 0.4) is 0 Å². The van der Waals surface area contributed by atoms with Crippen LogP contribution in [-0.2, 0) is 4.79 Å². The van der Waals surface area contributed by atoms with E-state index in [-0.39, 0.29) is 34.4 Å². The first kappa shape index (κ1) is 18.5. The number of halogens is 2. The molecule has 0 aromatic heterocycles. The Kier molecular flexibility index (Phi) is 6.15. The zero-order valence-electron chi connectivity index (χ0n) is 12.5. The van der Waals surface area contributed by atoms with Crippen LogP contribution in [0.15, 0.2) is 41.5 Å². The van der Waals surface area contributed by atoms with Gasteiger partial charge in [0.05, 0.1) is 21.7 Å². The Morgan fingerprint density at radius 3 is 2.76 bits per heavy atom. The number of carbonyl (C=O) groups is 1. The van der Waals surface area contributed by atoms with E-state index in [9.17, 15) is 20.0 Å². The highest BCUT2D eigenvalue weighted by molar-refractivity contribution is 6.35. The Balaban J connectivity index is 1.95. The summed E-state index contributed by atoms with van der Waals surface area (Å²) in [5, 5.41) is 24.5. The first-order valence-electron chi connectivity index (χ1n) is 6.74. The summed E-state index contributed by atoms with van der Waals surface area (Å²) in [5.74, 6) is -0.502. The Morgan fingerprint density at radius 2 is 2.08 bits per heavy atom. The maximum atomic E-state index is 11.7. The van der Waals surface area contributed by atoms with Crippen molar-refractivity contribution in [2.24, 2.45) is 5.10 Å². The summed E-state index contributed by atoms with van der Waals surface area (Å²) >= 11 is 11.6. The van der Waals surface area contributed by atoms with Crippen molar-refractivity contribution in [1.82, 2.24) is 5.43 Å². The normalized spacial score (nSPS) is 10.6. The van der Waals surface area contributed by atoms with Crippen LogP contribution in [0.4, 0.5) is 5.69 Å². The minimum Gasteiger partial charge on any atom is -0.508 e. The second kappa shape index (κ2) is 8.32. The van der Waals surface area contributed by atoms with Crippen molar-refractivity contribution in [3.8, 4) is 11.5 Å². The average molecular weight is 384 g/mol. The molecule has 0 saturated heterocycles. The molecule has 0 spiro atoms. The average Bonchev–Trinajstić information content (AvgIpc) is 2.54. The third-order valence-electron chi connectivity index (χ3n) is 2.85. The summed E-state index contributed by atoms with van der Waals surface area (Å²) in [6.07, 6.45) is 1.05. The molecule has 2 N–H and O–H groups in total. The largest absolute Gasteiger partial charge is 0.508 e. The maximum Gasteiger partial charge on any atom is 0.278 e. The number of nitrogens with one attached hydrogen (secondary N) is 1. The van der Waals surface area contributed by atoms with Crippen LogP contribution in [0, 0.1) is 10.1 Å². The lowest BCUT2D eigenvalue weighted by Gasteiger charge is -2.07. The van der Waals surface area contributed by atoms with E-state index in [1.165, 1.54) is 18.2 Å². The number of nitro benzene ring substituents is 1. The number of hydrogen-bond donors (Lipinski definition) is 2. The molecular formula is C15H11Cl2N3O5. The molecule has 0 heterocycles. The molecule has 25 heavy (non-hydrogen) atoms. The van der Waals surface area contributed by atoms with Crippen molar-refractivity contribution in [2.75, 3.05) is 6.61 Å². The minimum absolute atomic E-state index is 0.0342. The van der Waals surface area contributed by atoms with Gasteiger partial charge in [-0.25, -0.2) is 5.43 Å².